The van der Waals surface area contributed by atoms with E-state index in [4.69, 9.17) is 0 Å². The molecule has 2 heterocycles. The SMILES string of the molecule is CCC(CC)CN1CCN(C(=O)C(C)C)CC2(CC(=O)N(CC)C2)C1. The zero-order valence-corrected chi connectivity index (χ0v) is 16.9. The van der Waals surface area contributed by atoms with Crippen LogP contribution in [0.2, 0.25) is 0 Å². The van der Waals surface area contributed by atoms with Crippen LogP contribution in [0.1, 0.15) is 53.9 Å². The van der Waals surface area contributed by atoms with Crippen LogP contribution in [0, 0.1) is 17.3 Å². The van der Waals surface area contributed by atoms with Crippen molar-refractivity contribution in [1.29, 1.82) is 0 Å². The average molecular weight is 352 g/mol. The van der Waals surface area contributed by atoms with E-state index in [-0.39, 0.29) is 23.1 Å². The van der Waals surface area contributed by atoms with E-state index >= 15 is 0 Å². The fraction of sp³-hybridized carbons (Fsp3) is 0.900. The Bertz CT molecular complexity index is 476. The van der Waals surface area contributed by atoms with Gasteiger partial charge in [0, 0.05) is 63.6 Å². The van der Waals surface area contributed by atoms with Gasteiger partial charge in [-0.2, -0.15) is 0 Å². The number of likely N-dealkylation sites (tertiary alicyclic amines) is 1. The van der Waals surface area contributed by atoms with Crippen LogP contribution in [-0.2, 0) is 9.59 Å². The summed E-state index contributed by atoms with van der Waals surface area (Å²) in [6.07, 6.45) is 2.96. The summed E-state index contributed by atoms with van der Waals surface area (Å²) in [7, 11) is 0. The molecule has 2 rings (SSSR count). The van der Waals surface area contributed by atoms with Crippen LogP contribution in [0.4, 0.5) is 0 Å². The molecule has 0 aromatic rings. The Hall–Kier alpha value is -1.10. The maximum Gasteiger partial charge on any atom is 0.225 e. The van der Waals surface area contributed by atoms with Gasteiger partial charge in [0.15, 0.2) is 0 Å². The summed E-state index contributed by atoms with van der Waals surface area (Å²) in [4.78, 5) is 31.6. The number of hydrogen-bond acceptors (Lipinski definition) is 3. The van der Waals surface area contributed by atoms with Gasteiger partial charge in [0.2, 0.25) is 11.8 Å². The van der Waals surface area contributed by atoms with Gasteiger partial charge in [-0.15, -0.1) is 0 Å². The summed E-state index contributed by atoms with van der Waals surface area (Å²) in [6, 6.07) is 0. The fourth-order valence-electron chi connectivity index (χ4n) is 4.45. The average Bonchev–Trinajstić information content (AvgIpc) is 2.78. The molecule has 2 aliphatic rings. The molecule has 2 aliphatic heterocycles. The van der Waals surface area contributed by atoms with Crippen LogP contribution in [-0.4, -0.2) is 72.3 Å². The number of rotatable bonds is 6. The molecule has 25 heavy (non-hydrogen) atoms. The fourth-order valence-corrected chi connectivity index (χ4v) is 4.45. The van der Waals surface area contributed by atoms with E-state index in [0.717, 1.165) is 45.8 Å². The number of hydrogen-bond donors (Lipinski definition) is 0. The van der Waals surface area contributed by atoms with E-state index in [1.807, 2.05) is 30.6 Å². The molecule has 0 bridgehead atoms. The van der Waals surface area contributed by atoms with Gasteiger partial charge in [0.25, 0.3) is 0 Å². The third kappa shape index (κ3) is 4.75. The molecule has 0 aromatic carbocycles. The van der Waals surface area contributed by atoms with Crippen molar-refractivity contribution < 1.29 is 9.59 Å². The third-order valence-electron chi connectivity index (χ3n) is 6.04. The molecule has 0 aliphatic carbocycles. The van der Waals surface area contributed by atoms with E-state index in [1.54, 1.807) is 0 Å². The highest BCUT2D eigenvalue weighted by atomic mass is 16.2. The number of amides is 2. The van der Waals surface area contributed by atoms with Crippen LogP contribution >= 0.6 is 0 Å². The second kappa shape index (κ2) is 8.52. The van der Waals surface area contributed by atoms with Crippen LogP contribution in [0.5, 0.6) is 0 Å². The lowest BCUT2D eigenvalue weighted by atomic mass is 9.85. The summed E-state index contributed by atoms with van der Waals surface area (Å²) < 4.78 is 0. The second-order valence-corrected chi connectivity index (χ2v) is 8.42. The van der Waals surface area contributed by atoms with E-state index in [9.17, 15) is 9.59 Å². The van der Waals surface area contributed by atoms with Gasteiger partial charge >= 0.3 is 0 Å². The van der Waals surface area contributed by atoms with Gasteiger partial charge in [-0.25, -0.2) is 0 Å². The molecule has 1 spiro atoms. The highest BCUT2D eigenvalue weighted by Gasteiger charge is 2.46. The third-order valence-corrected chi connectivity index (χ3v) is 6.04. The van der Waals surface area contributed by atoms with Gasteiger partial charge < -0.3 is 14.7 Å². The zero-order chi connectivity index (χ0) is 18.6. The summed E-state index contributed by atoms with van der Waals surface area (Å²) >= 11 is 0. The molecular weight excluding hydrogens is 314 g/mol. The minimum absolute atomic E-state index is 0.0158. The number of carbonyl (C=O) groups excluding carboxylic acids is 2. The first-order valence-electron chi connectivity index (χ1n) is 10.1. The second-order valence-electron chi connectivity index (χ2n) is 8.42. The quantitative estimate of drug-likeness (QED) is 0.738. The first-order valence-corrected chi connectivity index (χ1v) is 10.1. The van der Waals surface area contributed by atoms with Crippen LogP contribution < -0.4 is 0 Å². The monoisotopic (exact) mass is 351 g/mol. The molecule has 0 radical (unpaired) electrons. The molecule has 0 N–H and O–H groups in total. The van der Waals surface area contributed by atoms with Crippen molar-refractivity contribution in [3.8, 4) is 0 Å². The predicted molar refractivity (Wildman–Crippen MR) is 101 cm³/mol. The van der Waals surface area contributed by atoms with Crippen molar-refractivity contribution in [2.24, 2.45) is 17.3 Å². The lowest BCUT2D eigenvalue weighted by Gasteiger charge is -2.35. The van der Waals surface area contributed by atoms with Crippen molar-refractivity contribution in [3.05, 3.63) is 0 Å². The lowest BCUT2D eigenvalue weighted by Crippen LogP contribution is -2.45. The lowest BCUT2D eigenvalue weighted by molar-refractivity contribution is -0.135. The molecular formula is C20H37N3O2. The molecule has 2 saturated heterocycles. The Kier molecular flexibility index (Phi) is 6.89. The summed E-state index contributed by atoms with van der Waals surface area (Å²) in [6.45, 7) is 16.5. The molecule has 2 amide bonds. The molecule has 5 heteroatoms. The topological polar surface area (TPSA) is 43.9 Å². The first kappa shape index (κ1) is 20.2. The van der Waals surface area contributed by atoms with Crippen molar-refractivity contribution in [1.82, 2.24) is 14.7 Å². The Morgan fingerprint density at radius 2 is 1.76 bits per heavy atom. The van der Waals surface area contributed by atoms with Crippen LogP contribution in [0.3, 0.4) is 0 Å². The first-order chi connectivity index (χ1) is 11.8. The molecule has 1 unspecified atom stereocenters. The van der Waals surface area contributed by atoms with Gasteiger partial charge in [-0.1, -0.05) is 40.5 Å². The molecule has 0 saturated carbocycles. The maximum absolute atomic E-state index is 12.7. The van der Waals surface area contributed by atoms with Crippen molar-refractivity contribution in [3.63, 3.8) is 0 Å². The van der Waals surface area contributed by atoms with Crippen molar-refractivity contribution >= 4 is 11.8 Å². The standard InChI is InChI=1S/C20H37N3O2/c1-6-17(7-2)12-21-9-10-23(19(25)16(4)5)15-20(13-21)11-18(24)22(8-3)14-20/h16-17H,6-15H2,1-5H3. The zero-order valence-electron chi connectivity index (χ0n) is 16.9. The van der Waals surface area contributed by atoms with Gasteiger partial charge in [-0.05, 0) is 12.8 Å². The Morgan fingerprint density at radius 1 is 1.08 bits per heavy atom. The normalized spacial score (nSPS) is 25.5. The van der Waals surface area contributed by atoms with Crippen molar-refractivity contribution in [2.45, 2.75) is 53.9 Å². The van der Waals surface area contributed by atoms with Crippen molar-refractivity contribution in [2.75, 3.05) is 45.8 Å². The van der Waals surface area contributed by atoms with Gasteiger partial charge in [0.05, 0.1) is 0 Å². The summed E-state index contributed by atoms with van der Waals surface area (Å²) in [5.74, 6) is 1.20. The Morgan fingerprint density at radius 3 is 2.28 bits per heavy atom. The van der Waals surface area contributed by atoms with Gasteiger partial charge in [-0.3, -0.25) is 9.59 Å². The molecule has 1 atom stereocenters. The summed E-state index contributed by atoms with van der Waals surface area (Å²) in [5, 5.41) is 0. The van der Waals surface area contributed by atoms with E-state index < -0.39 is 0 Å². The van der Waals surface area contributed by atoms with E-state index in [0.29, 0.717) is 12.3 Å². The van der Waals surface area contributed by atoms with Crippen LogP contribution in [0.25, 0.3) is 0 Å². The highest BCUT2D eigenvalue weighted by Crippen LogP contribution is 2.35. The van der Waals surface area contributed by atoms with Gasteiger partial charge in [0.1, 0.15) is 0 Å². The Balaban J connectivity index is 2.21. The summed E-state index contributed by atoms with van der Waals surface area (Å²) in [5.41, 5.74) is -0.0970. The predicted octanol–water partition coefficient (Wildman–Crippen LogP) is 2.46. The smallest absolute Gasteiger partial charge is 0.225 e. The molecule has 0 aromatic heterocycles. The highest BCUT2D eigenvalue weighted by molar-refractivity contribution is 5.81. The largest absolute Gasteiger partial charge is 0.342 e. The Labute approximate surface area is 153 Å². The number of carbonyl (C=O) groups is 2. The minimum atomic E-state index is -0.0970. The number of nitrogens with zero attached hydrogens (tertiary/aromatic N) is 3. The minimum Gasteiger partial charge on any atom is -0.342 e. The van der Waals surface area contributed by atoms with E-state index in [1.165, 1.54) is 12.8 Å². The maximum atomic E-state index is 12.7. The molecule has 144 valence electrons. The molecule has 5 nitrogen and oxygen atoms in total. The molecule has 2 fully saturated rings. The van der Waals surface area contributed by atoms with E-state index in [2.05, 4.69) is 18.7 Å². The van der Waals surface area contributed by atoms with Crippen LogP contribution in [0.15, 0.2) is 0 Å².